The molecule has 16 heavy (non-hydrogen) atoms. The number of aromatic nitrogens is 3. The number of terminal acetylenes is 1. The normalized spacial score (nSPS) is 11.2. The number of carbonyl (C=O) groups is 1. The van der Waals surface area contributed by atoms with Crippen molar-refractivity contribution >= 4 is 5.91 Å². The van der Waals surface area contributed by atoms with Crippen LogP contribution in [-0.4, -0.2) is 26.6 Å². The van der Waals surface area contributed by atoms with Crippen molar-refractivity contribution in [2.45, 2.75) is 39.2 Å². The van der Waals surface area contributed by atoms with Crippen molar-refractivity contribution in [3.05, 3.63) is 11.6 Å². The number of carbonyl (C=O) groups excluding carboxylic acids is 1. The number of hydrogen-bond donors (Lipinski definition) is 2. The summed E-state index contributed by atoms with van der Waals surface area (Å²) in [6, 6.07) is 0. The summed E-state index contributed by atoms with van der Waals surface area (Å²) >= 11 is 0. The van der Waals surface area contributed by atoms with Gasteiger partial charge in [-0.15, -0.1) is 11.5 Å². The molecule has 0 aromatic carbocycles. The van der Waals surface area contributed by atoms with Gasteiger partial charge in [0.2, 0.25) is 5.82 Å². The Morgan fingerprint density at radius 3 is 2.62 bits per heavy atom. The first-order chi connectivity index (χ1) is 7.35. The first-order valence-corrected chi connectivity index (χ1v) is 5.08. The lowest BCUT2D eigenvalue weighted by molar-refractivity contribution is 0.0919. The Hall–Kier alpha value is -1.83. The third-order valence-electron chi connectivity index (χ3n) is 2.04. The van der Waals surface area contributed by atoms with Gasteiger partial charge in [-0.25, -0.2) is 4.98 Å². The highest BCUT2D eigenvalue weighted by atomic mass is 16.2. The van der Waals surface area contributed by atoms with Crippen LogP contribution >= 0.6 is 0 Å². The molecule has 0 bridgehead atoms. The van der Waals surface area contributed by atoms with Crippen molar-refractivity contribution in [2.75, 3.05) is 0 Å². The van der Waals surface area contributed by atoms with E-state index in [-0.39, 0.29) is 17.6 Å². The molecule has 0 aliphatic rings. The molecular weight excluding hydrogens is 204 g/mol. The molecule has 0 fully saturated rings. The lowest BCUT2D eigenvalue weighted by Gasteiger charge is -2.17. The zero-order valence-corrected chi connectivity index (χ0v) is 9.96. The van der Waals surface area contributed by atoms with E-state index in [1.165, 1.54) is 0 Å². The highest BCUT2D eigenvalue weighted by Gasteiger charge is 2.21. The zero-order valence-electron chi connectivity index (χ0n) is 9.96. The Kier molecular flexibility index (Phi) is 3.33. The van der Waals surface area contributed by atoms with E-state index in [2.05, 4.69) is 26.4 Å². The molecule has 0 spiro atoms. The molecule has 0 unspecified atom stereocenters. The zero-order chi connectivity index (χ0) is 12.3. The van der Waals surface area contributed by atoms with Gasteiger partial charge in [-0.3, -0.25) is 9.89 Å². The minimum Gasteiger partial charge on any atom is -0.333 e. The molecule has 0 aliphatic heterocycles. The summed E-state index contributed by atoms with van der Waals surface area (Å²) in [6.07, 6.45) is 5.27. The van der Waals surface area contributed by atoms with Crippen molar-refractivity contribution in [3.63, 3.8) is 0 Å². The average molecular weight is 220 g/mol. The lowest BCUT2D eigenvalue weighted by Crippen LogP contribution is -2.42. The van der Waals surface area contributed by atoms with Crippen molar-refractivity contribution in [2.24, 2.45) is 0 Å². The molecule has 1 heterocycles. The summed E-state index contributed by atoms with van der Waals surface area (Å²) in [5.41, 5.74) is -0.699. The van der Waals surface area contributed by atoms with Crippen LogP contribution in [0.15, 0.2) is 0 Å². The van der Waals surface area contributed by atoms with Gasteiger partial charge in [0.1, 0.15) is 5.82 Å². The van der Waals surface area contributed by atoms with E-state index < -0.39 is 5.54 Å². The summed E-state index contributed by atoms with van der Waals surface area (Å²) in [6.45, 7) is 7.41. The summed E-state index contributed by atoms with van der Waals surface area (Å²) < 4.78 is 0. The van der Waals surface area contributed by atoms with Crippen LogP contribution in [0.25, 0.3) is 0 Å². The quantitative estimate of drug-likeness (QED) is 0.748. The van der Waals surface area contributed by atoms with Gasteiger partial charge in [0.15, 0.2) is 0 Å². The van der Waals surface area contributed by atoms with Crippen LogP contribution in [0.5, 0.6) is 0 Å². The van der Waals surface area contributed by atoms with Crippen molar-refractivity contribution < 1.29 is 4.79 Å². The molecule has 1 amide bonds. The molecule has 0 aliphatic carbocycles. The molecule has 1 rings (SSSR count). The van der Waals surface area contributed by atoms with E-state index in [0.29, 0.717) is 5.82 Å². The predicted molar refractivity (Wildman–Crippen MR) is 60.8 cm³/mol. The third kappa shape index (κ3) is 2.83. The van der Waals surface area contributed by atoms with E-state index in [9.17, 15) is 4.79 Å². The number of hydrogen-bond acceptors (Lipinski definition) is 3. The van der Waals surface area contributed by atoms with Crippen LogP contribution in [0.3, 0.4) is 0 Å². The van der Waals surface area contributed by atoms with Crippen molar-refractivity contribution in [1.29, 1.82) is 0 Å². The Labute approximate surface area is 95.0 Å². The highest BCUT2D eigenvalue weighted by Crippen LogP contribution is 2.08. The fourth-order valence-electron chi connectivity index (χ4n) is 1.01. The maximum absolute atomic E-state index is 11.7. The maximum Gasteiger partial charge on any atom is 0.292 e. The van der Waals surface area contributed by atoms with Gasteiger partial charge >= 0.3 is 0 Å². The van der Waals surface area contributed by atoms with Crippen LogP contribution < -0.4 is 5.32 Å². The van der Waals surface area contributed by atoms with E-state index >= 15 is 0 Å². The molecule has 0 atom stereocenters. The molecule has 0 saturated carbocycles. The SMILES string of the molecule is C#CC(C)(C)NC(=O)c1n[nH]c(C(C)C)n1. The van der Waals surface area contributed by atoms with E-state index in [1.54, 1.807) is 13.8 Å². The van der Waals surface area contributed by atoms with Gasteiger partial charge in [0.05, 0.1) is 5.54 Å². The minimum atomic E-state index is -0.699. The number of aromatic amines is 1. The topological polar surface area (TPSA) is 70.7 Å². The Morgan fingerprint density at radius 1 is 1.56 bits per heavy atom. The van der Waals surface area contributed by atoms with Crippen LogP contribution in [0, 0.1) is 12.3 Å². The van der Waals surface area contributed by atoms with E-state index in [0.717, 1.165) is 0 Å². The average Bonchev–Trinajstić information content (AvgIpc) is 2.66. The van der Waals surface area contributed by atoms with Gasteiger partial charge in [-0.05, 0) is 13.8 Å². The van der Waals surface area contributed by atoms with Crippen LogP contribution in [0.1, 0.15) is 50.1 Å². The molecule has 0 saturated heterocycles. The van der Waals surface area contributed by atoms with Crippen LogP contribution in [0.2, 0.25) is 0 Å². The summed E-state index contributed by atoms with van der Waals surface area (Å²) in [7, 11) is 0. The fraction of sp³-hybridized carbons (Fsp3) is 0.545. The standard InChI is InChI=1S/C11H16N4O/c1-6-11(4,5)13-10(16)9-12-8(7(2)3)14-15-9/h1,7H,2-5H3,(H,13,16)(H,12,14,15). The molecule has 5 heteroatoms. The second-order valence-corrected chi connectivity index (χ2v) is 4.42. The first-order valence-electron chi connectivity index (χ1n) is 5.08. The molecule has 86 valence electrons. The fourth-order valence-corrected chi connectivity index (χ4v) is 1.01. The largest absolute Gasteiger partial charge is 0.333 e. The monoisotopic (exact) mass is 220 g/mol. The summed E-state index contributed by atoms with van der Waals surface area (Å²) in [4.78, 5) is 15.8. The third-order valence-corrected chi connectivity index (χ3v) is 2.04. The number of amides is 1. The van der Waals surface area contributed by atoms with Gasteiger partial charge in [-0.2, -0.15) is 0 Å². The smallest absolute Gasteiger partial charge is 0.292 e. The number of H-pyrrole nitrogens is 1. The molecule has 5 nitrogen and oxygen atoms in total. The van der Waals surface area contributed by atoms with Gasteiger partial charge in [-0.1, -0.05) is 19.8 Å². The Balaban J connectivity index is 2.79. The molecular formula is C11H16N4O. The number of nitrogens with zero attached hydrogens (tertiary/aromatic N) is 2. The van der Waals surface area contributed by atoms with Gasteiger partial charge in [0.25, 0.3) is 5.91 Å². The van der Waals surface area contributed by atoms with Crippen LogP contribution in [-0.2, 0) is 0 Å². The second-order valence-electron chi connectivity index (χ2n) is 4.42. The maximum atomic E-state index is 11.7. The molecule has 1 aromatic heterocycles. The van der Waals surface area contributed by atoms with Crippen LogP contribution in [0.4, 0.5) is 0 Å². The predicted octanol–water partition coefficient (Wildman–Crippen LogP) is 1.07. The molecule has 0 radical (unpaired) electrons. The van der Waals surface area contributed by atoms with Crippen molar-refractivity contribution in [1.82, 2.24) is 20.5 Å². The van der Waals surface area contributed by atoms with E-state index in [4.69, 9.17) is 6.42 Å². The first kappa shape index (κ1) is 12.2. The van der Waals surface area contributed by atoms with E-state index in [1.807, 2.05) is 13.8 Å². The van der Waals surface area contributed by atoms with Crippen molar-refractivity contribution in [3.8, 4) is 12.3 Å². The lowest BCUT2D eigenvalue weighted by atomic mass is 10.1. The summed E-state index contributed by atoms with van der Waals surface area (Å²) in [5, 5.41) is 9.21. The minimum absolute atomic E-state index is 0.118. The molecule has 2 N–H and O–H groups in total. The number of rotatable bonds is 3. The highest BCUT2D eigenvalue weighted by molar-refractivity contribution is 5.91. The Bertz CT molecular complexity index is 425. The Morgan fingerprint density at radius 2 is 2.19 bits per heavy atom. The van der Waals surface area contributed by atoms with Gasteiger partial charge < -0.3 is 5.32 Å². The second kappa shape index (κ2) is 4.35. The molecule has 1 aromatic rings. The summed E-state index contributed by atoms with van der Waals surface area (Å²) in [5.74, 6) is 3.11. The van der Waals surface area contributed by atoms with Gasteiger partial charge in [0, 0.05) is 5.92 Å². The number of nitrogens with one attached hydrogen (secondary N) is 2.